The van der Waals surface area contributed by atoms with Gasteiger partial charge >= 0.3 is 6.18 Å². The molecule has 1 nitrogen and oxygen atoms in total. The lowest BCUT2D eigenvalue weighted by Gasteiger charge is -2.11. The molecule has 0 fully saturated rings. The van der Waals surface area contributed by atoms with Crippen molar-refractivity contribution in [3.8, 4) is 0 Å². The van der Waals surface area contributed by atoms with Gasteiger partial charge in [-0.25, -0.2) is 8.78 Å². The van der Waals surface area contributed by atoms with Gasteiger partial charge in [0.1, 0.15) is 12.4 Å². The molecule has 84 valence electrons. The Balaban J connectivity index is 2.86. The summed E-state index contributed by atoms with van der Waals surface area (Å²) in [5.41, 5.74) is -0.560. The predicted molar refractivity (Wildman–Crippen MR) is 45.9 cm³/mol. The minimum atomic E-state index is -4.50. The monoisotopic (exact) mass is 245 g/mol. The molecule has 0 aliphatic carbocycles. The van der Waals surface area contributed by atoms with Crippen LogP contribution < -0.4 is 5.32 Å². The van der Waals surface area contributed by atoms with Crippen LogP contribution in [-0.4, -0.2) is 12.7 Å². The van der Waals surface area contributed by atoms with Crippen molar-refractivity contribution in [2.24, 2.45) is 0 Å². The highest BCUT2D eigenvalue weighted by atomic mass is 35.5. The van der Waals surface area contributed by atoms with E-state index >= 15 is 0 Å². The van der Waals surface area contributed by atoms with Gasteiger partial charge in [-0.1, -0.05) is 11.6 Å². The molecule has 0 bridgehead atoms. The van der Waals surface area contributed by atoms with Crippen LogP contribution in [0.15, 0.2) is 12.1 Å². The average molecular weight is 246 g/mol. The Bertz CT molecular complexity index is 340. The second-order valence-electron chi connectivity index (χ2n) is 2.71. The van der Waals surface area contributed by atoms with Gasteiger partial charge in [0, 0.05) is 6.07 Å². The van der Waals surface area contributed by atoms with Crippen LogP contribution in [0.3, 0.4) is 0 Å². The standard InChI is InChI=1S/C8H5ClF5N/c9-5-1-4(10)2-6(11)7(5)15-3-8(12,13)14/h1-2,15H,3H2. The Morgan fingerprint density at radius 2 is 1.80 bits per heavy atom. The van der Waals surface area contributed by atoms with Crippen molar-refractivity contribution < 1.29 is 22.0 Å². The summed E-state index contributed by atoms with van der Waals surface area (Å²) in [5, 5.41) is 1.32. The summed E-state index contributed by atoms with van der Waals surface area (Å²) < 4.78 is 60.8. The molecule has 0 radical (unpaired) electrons. The lowest BCUT2D eigenvalue weighted by molar-refractivity contribution is -0.115. The van der Waals surface area contributed by atoms with Crippen LogP contribution in [0.1, 0.15) is 0 Å². The third-order valence-corrected chi connectivity index (χ3v) is 1.77. The maximum Gasteiger partial charge on any atom is 0.405 e. The van der Waals surface area contributed by atoms with E-state index in [-0.39, 0.29) is 0 Å². The van der Waals surface area contributed by atoms with Crippen molar-refractivity contribution in [2.45, 2.75) is 6.18 Å². The van der Waals surface area contributed by atoms with E-state index in [2.05, 4.69) is 0 Å². The predicted octanol–water partition coefficient (Wildman–Crippen LogP) is 3.59. The number of alkyl halides is 3. The van der Waals surface area contributed by atoms with E-state index in [1.165, 1.54) is 0 Å². The van der Waals surface area contributed by atoms with E-state index in [4.69, 9.17) is 11.6 Å². The first-order valence-electron chi connectivity index (χ1n) is 3.75. The molecular formula is C8H5ClF5N. The summed E-state index contributed by atoms with van der Waals surface area (Å²) in [5.74, 6) is -2.11. The Labute approximate surface area is 86.8 Å². The second-order valence-corrected chi connectivity index (χ2v) is 3.12. The first-order chi connectivity index (χ1) is 6.79. The summed E-state index contributed by atoms with van der Waals surface area (Å²) in [7, 11) is 0. The van der Waals surface area contributed by atoms with Crippen molar-refractivity contribution in [3.05, 3.63) is 28.8 Å². The summed E-state index contributed by atoms with van der Waals surface area (Å²) >= 11 is 5.35. The van der Waals surface area contributed by atoms with Crippen LogP contribution in [0.25, 0.3) is 0 Å². The Kier molecular flexibility index (Phi) is 3.38. The quantitative estimate of drug-likeness (QED) is 0.785. The fourth-order valence-electron chi connectivity index (χ4n) is 0.900. The molecule has 0 aliphatic rings. The number of hydrogen-bond donors (Lipinski definition) is 1. The van der Waals surface area contributed by atoms with Gasteiger partial charge in [0.15, 0.2) is 5.82 Å². The SMILES string of the molecule is Fc1cc(F)c(NCC(F)(F)F)c(Cl)c1. The molecule has 0 amide bonds. The molecule has 0 saturated heterocycles. The third-order valence-electron chi connectivity index (χ3n) is 1.47. The van der Waals surface area contributed by atoms with Crippen LogP contribution in [0.2, 0.25) is 5.02 Å². The summed E-state index contributed by atoms with van der Waals surface area (Å²) in [6.07, 6.45) is -4.50. The molecule has 0 aromatic heterocycles. The van der Waals surface area contributed by atoms with E-state index in [9.17, 15) is 22.0 Å². The molecule has 0 unspecified atom stereocenters. The summed E-state index contributed by atoms with van der Waals surface area (Å²) in [4.78, 5) is 0. The number of halogens is 6. The van der Waals surface area contributed by atoms with Gasteiger partial charge in [-0.2, -0.15) is 13.2 Å². The smallest absolute Gasteiger partial charge is 0.373 e. The zero-order chi connectivity index (χ0) is 11.6. The number of anilines is 1. The van der Waals surface area contributed by atoms with Crippen molar-refractivity contribution in [2.75, 3.05) is 11.9 Å². The maximum atomic E-state index is 12.9. The van der Waals surface area contributed by atoms with Crippen molar-refractivity contribution in [3.63, 3.8) is 0 Å². The van der Waals surface area contributed by atoms with E-state index < -0.39 is 35.1 Å². The topological polar surface area (TPSA) is 12.0 Å². The van der Waals surface area contributed by atoms with E-state index in [1.807, 2.05) is 0 Å². The van der Waals surface area contributed by atoms with Gasteiger partial charge in [0.25, 0.3) is 0 Å². The van der Waals surface area contributed by atoms with E-state index in [0.717, 1.165) is 6.07 Å². The molecule has 1 aromatic rings. The average Bonchev–Trinajstić information content (AvgIpc) is 1.99. The highest BCUT2D eigenvalue weighted by molar-refractivity contribution is 6.33. The first-order valence-corrected chi connectivity index (χ1v) is 4.12. The Hall–Kier alpha value is -1.04. The molecule has 1 rings (SSSR count). The van der Waals surface area contributed by atoms with Crippen LogP contribution >= 0.6 is 11.6 Å². The number of rotatable bonds is 2. The van der Waals surface area contributed by atoms with Crippen molar-refractivity contribution in [1.82, 2.24) is 0 Å². The number of nitrogens with one attached hydrogen (secondary N) is 1. The van der Waals surface area contributed by atoms with Crippen LogP contribution in [0.5, 0.6) is 0 Å². The van der Waals surface area contributed by atoms with Crippen LogP contribution in [-0.2, 0) is 0 Å². The highest BCUT2D eigenvalue weighted by Crippen LogP contribution is 2.27. The zero-order valence-electron chi connectivity index (χ0n) is 7.13. The molecule has 0 atom stereocenters. The number of hydrogen-bond acceptors (Lipinski definition) is 1. The Morgan fingerprint density at radius 3 is 2.27 bits per heavy atom. The molecule has 0 heterocycles. The molecule has 7 heteroatoms. The third kappa shape index (κ3) is 3.54. The summed E-state index contributed by atoms with van der Waals surface area (Å²) in [6, 6.07) is 1.17. The first kappa shape index (κ1) is 12.0. The molecule has 0 spiro atoms. The molecule has 0 saturated carbocycles. The van der Waals surface area contributed by atoms with Gasteiger partial charge in [-0.15, -0.1) is 0 Å². The van der Waals surface area contributed by atoms with E-state index in [0.29, 0.717) is 6.07 Å². The van der Waals surface area contributed by atoms with Gasteiger partial charge < -0.3 is 5.32 Å². The lowest BCUT2D eigenvalue weighted by Crippen LogP contribution is -2.22. The zero-order valence-corrected chi connectivity index (χ0v) is 7.89. The minimum Gasteiger partial charge on any atom is -0.373 e. The fourth-order valence-corrected chi connectivity index (χ4v) is 1.16. The van der Waals surface area contributed by atoms with Gasteiger partial charge in [0.2, 0.25) is 0 Å². The molecule has 15 heavy (non-hydrogen) atoms. The largest absolute Gasteiger partial charge is 0.405 e. The second kappa shape index (κ2) is 4.22. The Morgan fingerprint density at radius 1 is 1.20 bits per heavy atom. The molecule has 0 aliphatic heterocycles. The van der Waals surface area contributed by atoms with Crippen LogP contribution in [0, 0.1) is 11.6 Å². The van der Waals surface area contributed by atoms with Crippen molar-refractivity contribution >= 4 is 17.3 Å². The van der Waals surface area contributed by atoms with Crippen LogP contribution in [0.4, 0.5) is 27.6 Å². The molecule has 1 aromatic carbocycles. The molecule has 1 N–H and O–H groups in total. The highest BCUT2D eigenvalue weighted by Gasteiger charge is 2.27. The fraction of sp³-hybridized carbons (Fsp3) is 0.250. The van der Waals surface area contributed by atoms with E-state index in [1.54, 1.807) is 5.32 Å². The van der Waals surface area contributed by atoms with Gasteiger partial charge in [-0.3, -0.25) is 0 Å². The lowest BCUT2D eigenvalue weighted by atomic mass is 10.3. The summed E-state index contributed by atoms with van der Waals surface area (Å²) in [6.45, 7) is -1.44. The minimum absolute atomic E-state index is 0.434. The maximum absolute atomic E-state index is 12.9. The molecular weight excluding hydrogens is 241 g/mol. The van der Waals surface area contributed by atoms with Gasteiger partial charge in [0.05, 0.1) is 10.7 Å². The normalized spacial score (nSPS) is 11.6. The van der Waals surface area contributed by atoms with Gasteiger partial charge in [-0.05, 0) is 6.07 Å². The van der Waals surface area contributed by atoms with Crippen molar-refractivity contribution in [1.29, 1.82) is 0 Å². The number of benzene rings is 1.